The number of esters is 1. The number of hydrogen-bond acceptors (Lipinski definition) is 7. The first kappa shape index (κ1) is 22.8. The van der Waals surface area contributed by atoms with Crippen LogP contribution >= 0.6 is 15.9 Å². The molecule has 1 aromatic rings. The highest BCUT2D eigenvalue weighted by Crippen LogP contribution is 2.46. The van der Waals surface area contributed by atoms with Crippen LogP contribution in [0, 0.1) is 5.41 Å². The fourth-order valence-corrected chi connectivity index (χ4v) is 4.62. The molecular weight excluding hydrogens is 454 g/mol. The van der Waals surface area contributed by atoms with Gasteiger partial charge in [0.25, 0.3) is 0 Å². The lowest BCUT2D eigenvalue weighted by Gasteiger charge is -2.49. The SMILES string of the molecule is CCOC(=O)C1=CN2[C@H](CC1=O)c1c(Br)c(OCCCOC)nn1C[C@H]2C(C)(C)C. The van der Waals surface area contributed by atoms with Gasteiger partial charge in [-0.15, -0.1) is 5.10 Å². The van der Waals surface area contributed by atoms with Crippen molar-refractivity contribution in [3.8, 4) is 5.88 Å². The number of rotatable bonds is 7. The zero-order valence-electron chi connectivity index (χ0n) is 18.2. The van der Waals surface area contributed by atoms with Gasteiger partial charge in [0.2, 0.25) is 5.88 Å². The summed E-state index contributed by atoms with van der Waals surface area (Å²) >= 11 is 3.64. The molecule has 30 heavy (non-hydrogen) atoms. The van der Waals surface area contributed by atoms with Crippen molar-refractivity contribution < 1.29 is 23.8 Å². The molecule has 9 heteroatoms. The molecule has 3 rings (SSSR count). The van der Waals surface area contributed by atoms with E-state index in [1.807, 2.05) is 4.68 Å². The van der Waals surface area contributed by atoms with Crippen molar-refractivity contribution >= 4 is 27.7 Å². The Labute approximate surface area is 185 Å². The fourth-order valence-electron chi connectivity index (χ4n) is 3.95. The first-order valence-corrected chi connectivity index (χ1v) is 11.1. The first-order valence-electron chi connectivity index (χ1n) is 10.3. The standard InChI is InChI=1S/C21H30BrN3O5/c1-6-29-20(27)13-11-24-14(10-15(13)26)18-17(22)19(30-9-7-8-28-5)23-25(18)12-16(24)21(2,3)4/h11,14,16H,6-10,12H2,1-5H3/t14-,16+/m1/s1. The molecule has 0 bridgehead atoms. The second-order valence-corrected chi connectivity index (χ2v) is 9.41. The van der Waals surface area contributed by atoms with Crippen LogP contribution in [0.25, 0.3) is 0 Å². The van der Waals surface area contributed by atoms with Gasteiger partial charge in [0.05, 0.1) is 37.5 Å². The average molecular weight is 484 g/mol. The highest BCUT2D eigenvalue weighted by atomic mass is 79.9. The zero-order chi connectivity index (χ0) is 22.1. The quantitative estimate of drug-likeness (QED) is 0.334. The van der Waals surface area contributed by atoms with Gasteiger partial charge in [-0.1, -0.05) is 20.8 Å². The maximum atomic E-state index is 12.8. The fraction of sp³-hybridized carbons (Fsp3) is 0.667. The molecular formula is C21H30BrN3O5. The van der Waals surface area contributed by atoms with E-state index in [1.54, 1.807) is 20.2 Å². The monoisotopic (exact) mass is 483 g/mol. The predicted molar refractivity (Wildman–Crippen MR) is 114 cm³/mol. The Morgan fingerprint density at radius 3 is 2.70 bits per heavy atom. The van der Waals surface area contributed by atoms with E-state index >= 15 is 0 Å². The number of hydrogen-bond donors (Lipinski definition) is 0. The van der Waals surface area contributed by atoms with Gasteiger partial charge in [-0.3, -0.25) is 9.48 Å². The van der Waals surface area contributed by atoms with Crippen LogP contribution < -0.4 is 4.74 Å². The molecule has 0 fully saturated rings. The lowest BCUT2D eigenvalue weighted by Crippen LogP contribution is -2.52. The smallest absolute Gasteiger partial charge is 0.343 e. The van der Waals surface area contributed by atoms with E-state index in [0.717, 1.165) is 16.6 Å². The number of ketones is 1. The van der Waals surface area contributed by atoms with Crippen LogP contribution in [0.15, 0.2) is 16.2 Å². The summed E-state index contributed by atoms with van der Waals surface area (Å²) in [4.78, 5) is 27.3. The number of methoxy groups -OCH3 is 1. The number of ether oxygens (including phenoxy) is 3. The molecule has 0 saturated carbocycles. The predicted octanol–water partition coefficient (Wildman–Crippen LogP) is 3.25. The Morgan fingerprint density at radius 2 is 2.07 bits per heavy atom. The molecule has 3 heterocycles. The van der Waals surface area contributed by atoms with E-state index in [2.05, 4.69) is 46.7 Å². The minimum atomic E-state index is -0.561. The minimum Gasteiger partial charge on any atom is -0.476 e. The number of Topliss-reactive ketones (excluding diaryl/α,β-unsaturated/α-hetero) is 1. The molecule has 2 aliphatic rings. The summed E-state index contributed by atoms with van der Waals surface area (Å²) in [6, 6.07) is -0.187. The van der Waals surface area contributed by atoms with Gasteiger partial charge in [-0.2, -0.15) is 0 Å². The van der Waals surface area contributed by atoms with Crippen LogP contribution in [-0.2, 0) is 25.6 Å². The number of nitrogens with zero attached hydrogens (tertiary/aromatic N) is 3. The van der Waals surface area contributed by atoms with Crippen molar-refractivity contribution in [1.82, 2.24) is 14.7 Å². The molecule has 8 nitrogen and oxygen atoms in total. The molecule has 0 amide bonds. The summed E-state index contributed by atoms with van der Waals surface area (Å²) in [5.41, 5.74) is 0.900. The summed E-state index contributed by atoms with van der Waals surface area (Å²) in [5.74, 6) is -0.261. The molecule has 2 atom stereocenters. The Hall–Kier alpha value is -1.87. The molecule has 166 valence electrons. The molecule has 0 aromatic carbocycles. The van der Waals surface area contributed by atoms with Gasteiger partial charge in [-0.25, -0.2) is 4.79 Å². The summed E-state index contributed by atoms with van der Waals surface area (Å²) in [6.07, 6.45) is 2.63. The molecule has 0 N–H and O–H groups in total. The van der Waals surface area contributed by atoms with Gasteiger partial charge < -0.3 is 19.1 Å². The zero-order valence-corrected chi connectivity index (χ0v) is 19.8. The Bertz CT molecular complexity index is 842. The van der Waals surface area contributed by atoms with Crippen LogP contribution in [0.3, 0.4) is 0 Å². The van der Waals surface area contributed by atoms with Crippen molar-refractivity contribution in [2.24, 2.45) is 5.41 Å². The van der Waals surface area contributed by atoms with E-state index in [1.165, 1.54) is 0 Å². The van der Waals surface area contributed by atoms with Crippen molar-refractivity contribution in [1.29, 1.82) is 0 Å². The van der Waals surface area contributed by atoms with Crippen molar-refractivity contribution in [2.75, 3.05) is 26.9 Å². The summed E-state index contributed by atoms with van der Waals surface area (Å²) in [6.45, 7) is 10.1. The van der Waals surface area contributed by atoms with Crippen LogP contribution in [0.5, 0.6) is 5.88 Å². The molecule has 0 saturated heterocycles. The number of halogens is 1. The van der Waals surface area contributed by atoms with Crippen molar-refractivity contribution in [3.05, 3.63) is 21.9 Å². The van der Waals surface area contributed by atoms with E-state index in [9.17, 15) is 9.59 Å². The number of carbonyl (C=O) groups excluding carboxylic acids is 2. The Morgan fingerprint density at radius 1 is 1.33 bits per heavy atom. The summed E-state index contributed by atoms with van der Waals surface area (Å²) < 4.78 is 18.7. The Balaban J connectivity index is 1.98. The van der Waals surface area contributed by atoms with Gasteiger partial charge in [0.15, 0.2) is 5.78 Å². The third kappa shape index (κ3) is 4.42. The minimum absolute atomic E-state index is 0.0423. The van der Waals surface area contributed by atoms with E-state index in [-0.39, 0.29) is 41.9 Å². The third-order valence-electron chi connectivity index (χ3n) is 5.47. The van der Waals surface area contributed by atoms with Crippen LogP contribution in [0.2, 0.25) is 0 Å². The number of fused-ring (bicyclic) bond motifs is 3. The molecule has 0 spiro atoms. The molecule has 2 aliphatic heterocycles. The first-order chi connectivity index (χ1) is 14.2. The van der Waals surface area contributed by atoms with Gasteiger partial charge >= 0.3 is 5.97 Å². The van der Waals surface area contributed by atoms with Crippen LogP contribution in [0.4, 0.5) is 0 Å². The molecule has 0 unspecified atom stereocenters. The highest BCUT2D eigenvalue weighted by Gasteiger charge is 2.46. The maximum absolute atomic E-state index is 12.8. The topological polar surface area (TPSA) is 82.9 Å². The lowest BCUT2D eigenvalue weighted by atomic mass is 9.81. The van der Waals surface area contributed by atoms with E-state index in [0.29, 0.717) is 25.6 Å². The van der Waals surface area contributed by atoms with Gasteiger partial charge in [-0.05, 0) is 28.3 Å². The number of aromatic nitrogens is 2. The largest absolute Gasteiger partial charge is 0.476 e. The second kappa shape index (κ2) is 9.09. The van der Waals surface area contributed by atoms with E-state index in [4.69, 9.17) is 14.2 Å². The maximum Gasteiger partial charge on any atom is 0.343 e. The highest BCUT2D eigenvalue weighted by molar-refractivity contribution is 9.10. The average Bonchev–Trinajstić information content (AvgIpc) is 2.99. The van der Waals surface area contributed by atoms with E-state index < -0.39 is 5.97 Å². The molecule has 0 aliphatic carbocycles. The summed E-state index contributed by atoms with van der Waals surface area (Å²) in [5, 5.41) is 4.67. The lowest BCUT2D eigenvalue weighted by molar-refractivity contribution is -0.141. The van der Waals surface area contributed by atoms with Crippen LogP contribution in [-0.4, -0.2) is 59.4 Å². The summed E-state index contributed by atoms with van der Waals surface area (Å²) in [7, 11) is 1.66. The molecule has 0 radical (unpaired) electrons. The Kier molecular flexibility index (Phi) is 6.91. The van der Waals surface area contributed by atoms with Gasteiger partial charge in [0, 0.05) is 32.8 Å². The molecule has 1 aromatic heterocycles. The van der Waals surface area contributed by atoms with Gasteiger partial charge in [0.1, 0.15) is 10.0 Å². The normalized spacial score (nSPS) is 21.1. The van der Waals surface area contributed by atoms with Crippen molar-refractivity contribution in [2.45, 2.75) is 59.2 Å². The van der Waals surface area contributed by atoms with Crippen LogP contribution in [0.1, 0.15) is 52.3 Å². The third-order valence-corrected chi connectivity index (χ3v) is 6.21. The van der Waals surface area contributed by atoms with Crippen molar-refractivity contribution in [3.63, 3.8) is 0 Å². The second-order valence-electron chi connectivity index (χ2n) is 8.62. The number of carbonyl (C=O) groups is 2.